The Kier molecular flexibility index (Phi) is 8.18. The highest BCUT2D eigenvalue weighted by Gasteiger charge is 2.18. The second-order valence-electron chi connectivity index (χ2n) is 5.31. The lowest BCUT2D eigenvalue weighted by Crippen LogP contribution is -2.38. The number of nitrogens with zero attached hydrogens (tertiary/aromatic N) is 1. The molecule has 1 aliphatic carbocycles. The van der Waals surface area contributed by atoms with E-state index in [1.165, 1.54) is 5.57 Å². The van der Waals surface area contributed by atoms with Crippen LogP contribution in [0.3, 0.4) is 0 Å². The smallest absolute Gasteiger partial charge is 0.264 e. The van der Waals surface area contributed by atoms with Crippen LogP contribution in [-0.4, -0.2) is 45.3 Å². The highest BCUT2D eigenvalue weighted by Crippen LogP contribution is 2.19. The molecule has 1 aliphatic rings. The van der Waals surface area contributed by atoms with Crippen LogP contribution in [0.25, 0.3) is 0 Å². The van der Waals surface area contributed by atoms with Gasteiger partial charge < -0.3 is 0 Å². The molecule has 0 aliphatic heterocycles. The van der Waals surface area contributed by atoms with Gasteiger partial charge in [0.1, 0.15) is 0 Å². The second-order valence-corrected chi connectivity index (χ2v) is 6.95. The predicted molar refractivity (Wildman–Crippen MR) is 90.9 cm³/mol. The van der Waals surface area contributed by atoms with Crippen LogP contribution in [0.4, 0.5) is 0 Å². The normalized spacial score (nSPS) is 16.2. The molecule has 0 spiro atoms. The van der Waals surface area contributed by atoms with Gasteiger partial charge in [0.25, 0.3) is 10.1 Å². The fourth-order valence-electron chi connectivity index (χ4n) is 2.42. The van der Waals surface area contributed by atoms with Crippen LogP contribution in [0.15, 0.2) is 36.0 Å². The van der Waals surface area contributed by atoms with Gasteiger partial charge in [0.05, 0.1) is 19.4 Å². The van der Waals surface area contributed by atoms with E-state index in [0.717, 1.165) is 25.5 Å². The van der Waals surface area contributed by atoms with Gasteiger partial charge in [0.2, 0.25) is 0 Å². The van der Waals surface area contributed by atoms with Crippen LogP contribution in [0.1, 0.15) is 26.2 Å². The van der Waals surface area contributed by atoms with Gasteiger partial charge in [-0.05, 0) is 19.3 Å². The summed E-state index contributed by atoms with van der Waals surface area (Å²) in [7, 11) is -3.41. The van der Waals surface area contributed by atoms with Gasteiger partial charge in [-0.2, -0.15) is 8.42 Å². The zero-order valence-electron chi connectivity index (χ0n) is 13.4. The van der Waals surface area contributed by atoms with E-state index in [4.69, 9.17) is 10.6 Å². The van der Waals surface area contributed by atoms with E-state index < -0.39 is 10.1 Å². The monoisotopic (exact) mass is 323 g/mol. The van der Waals surface area contributed by atoms with Crippen LogP contribution in [0.2, 0.25) is 0 Å². The fraction of sp³-hybridized carbons (Fsp3) is 0.529. The number of allylic oxidation sites excluding steroid dienone is 5. The van der Waals surface area contributed by atoms with Crippen molar-refractivity contribution >= 4 is 10.1 Å². The molecule has 0 amide bonds. The number of rotatable bonds is 9. The molecule has 5 heteroatoms. The molecule has 0 bridgehead atoms. The summed E-state index contributed by atoms with van der Waals surface area (Å²) in [4.78, 5) is 2.12. The van der Waals surface area contributed by atoms with Crippen molar-refractivity contribution in [1.82, 2.24) is 4.90 Å². The summed E-state index contributed by atoms with van der Waals surface area (Å²) in [6.45, 7) is 3.25. The van der Waals surface area contributed by atoms with Crippen molar-refractivity contribution in [1.29, 1.82) is 0 Å². The first-order chi connectivity index (χ1) is 10.5. The van der Waals surface area contributed by atoms with E-state index in [1.807, 2.05) is 18.2 Å². The first-order valence-corrected chi connectivity index (χ1v) is 9.31. The molecule has 0 N–H and O–H groups in total. The van der Waals surface area contributed by atoms with E-state index in [2.05, 4.69) is 29.9 Å². The SMILES string of the molecule is C#CCN(CCOS(C)(=O)=O)C(CC)CC1=CC=CC=CC1. The Labute approximate surface area is 134 Å². The van der Waals surface area contributed by atoms with Crippen molar-refractivity contribution < 1.29 is 12.6 Å². The van der Waals surface area contributed by atoms with Crippen molar-refractivity contribution in [3.63, 3.8) is 0 Å². The van der Waals surface area contributed by atoms with Crippen LogP contribution >= 0.6 is 0 Å². The summed E-state index contributed by atoms with van der Waals surface area (Å²) in [6, 6.07) is 0.283. The third kappa shape index (κ3) is 7.60. The fourth-order valence-corrected chi connectivity index (χ4v) is 2.80. The standard InChI is InChI=1S/C17H25NO3S/c1-4-12-18(13-14-21-22(3,19)20)17(5-2)15-16-10-8-6-7-9-11-16/h1,6-10,17H,5,11-15H2,2-3H3. The minimum Gasteiger partial charge on any atom is -0.287 e. The first-order valence-electron chi connectivity index (χ1n) is 7.49. The maximum Gasteiger partial charge on any atom is 0.264 e. The maximum atomic E-state index is 11.1. The molecule has 0 radical (unpaired) electrons. The van der Waals surface area contributed by atoms with Gasteiger partial charge in [-0.25, -0.2) is 0 Å². The number of terminal acetylenes is 1. The summed E-state index contributed by atoms with van der Waals surface area (Å²) >= 11 is 0. The van der Waals surface area contributed by atoms with Gasteiger partial charge in [0, 0.05) is 12.6 Å². The molecule has 122 valence electrons. The van der Waals surface area contributed by atoms with Crippen molar-refractivity contribution in [2.75, 3.05) is 26.0 Å². The molecular formula is C17H25NO3S. The Bertz CT molecular complexity index is 567. The minimum atomic E-state index is -3.41. The third-order valence-corrected chi connectivity index (χ3v) is 4.12. The quantitative estimate of drug-likeness (QED) is 0.483. The average Bonchev–Trinajstić information content (AvgIpc) is 2.71. The Balaban J connectivity index is 2.65. The molecule has 1 unspecified atom stereocenters. The first kappa shape index (κ1) is 18.7. The Morgan fingerprint density at radius 1 is 1.41 bits per heavy atom. The van der Waals surface area contributed by atoms with Gasteiger partial charge in [0.15, 0.2) is 0 Å². The van der Waals surface area contributed by atoms with Crippen molar-refractivity contribution in [2.24, 2.45) is 0 Å². The molecule has 0 aromatic heterocycles. The van der Waals surface area contributed by atoms with Gasteiger partial charge in [-0.1, -0.05) is 48.8 Å². The van der Waals surface area contributed by atoms with E-state index >= 15 is 0 Å². The average molecular weight is 323 g/mol. The van der Waals surface area contributed by atoms with Gasteiger partial charge >= 0.3 is 0 Å². The largest absolute Gasteiger partial charge is 0.287 e. The van der Waals surface area contributed by atoms with Crippen LogP contribution in [0, 0.1) is 12.3 Å². The topological polar surface area (TPSA) is 46.6 Å². The Hall–Kier alpha value is -1.35. The molecule has 0 aromatic carbocycles. The molecule has 0 fully saturated rings. The lowest BCUT2D eigenvalue weighted by Gasteiger charge is -2.30. The van der Waals surface area contributed by atoms with Crippen LogP contribution in [-0.2, 0) is 14.3 Å². The molecule has 0 heterocycles. The van der Waals surface area contributed by atoms with Crippen LogP contribution < -0.4 is 0 Å². The van der Waals surface area contributed by atoms with Gasteiger partial charge in [-0.3, -0.25) is 9.08 Å². The summed E-state index contributed by atoms with van der Waals surface area (Å²) < 4.78 is 27.0. The Morgan fingerprint density at radius 2 is 2.18 bits per heavy atom. The zero-order chi connectivity index (χ0) is 16.4. The lowest BCUT2D eigenvalue weighted by atomic mass is 9.99. The van der Waals surface area contributed by atoms with E-state index in [9.17, 15) is 8.42 Å². The highest BCUT2D eigenvalue weighted by atomic mass is 32.2. The van der Waals surface area contributed by atoms with Crippen molar-refractivity contribution in [2.45, 2.75) is 32.2 Å². The summed E-state index contributed by atoms with van der Waals surface area (Å²) in [5.41, 5.74) is 1.35. The Morgan fingerprint density at radius 3 is 2.82 bits per heavy atom. The molecular weight excluding hydrogens is 298 g/mol. The molecule has 0 saturated carbocycles. The number of hydrogen-bond acceptors (Lipinski definition) is 4. The minimum absolute atomic E-state index is 0.135. The molecule has 4 nitrogen and oxygen atoms in total. The summed E-state index contributed by atoms with van der Waals surface area (Å²) in [6.07, 6.45) is 19.7. The highest BCUT2D eigenvalue weighted by molar-refractivity contribution is 7.85. The summed E-state index contributed by atoms with van der Waals surface area (Å²) in [5.74, 6) is 2.65. The maximum absolute atomic E-state index is 11.1. The zero-order valence-corrected chi connectivity index (χ0v) is 14.2. The van der Waals surface area contributed by atoms with Crippen molar-refractivity contribution in [3.8, 4) is 12.3 Å². The van der Waals surface area contributed by atoms with Gasteiger partial charge in [-0.15, -0.1) is 6.42 Å². The van der Waals surface area contributed by atoms with E-state index in [-0.39, 0.29) is 12.6 Å². The summed E-state index contributed by atoms with van der Waals surface area (Å²) in [5, 5.41) is 0. The lowest BCUT2D eigenvalue weighted by molar-refractivity contribution is 0.174. The van der Waals surface area contributed by atoms with Crippen molar-refractivity contribution in [3.05, 3.63) is 36.0 Å². The van der Waals surface area contributed by atoms with E-state index in [1.54, 1.807) is 0 Å². The molecule has 0 saturated heterocycles. The molecule has 1 rings (SSSR count). The second kappa shape index (κ2) is 9.62. The molecule has 0 aromatic rings. The molecule has 1 atom stereocenters. The third-order valence-electron chi connectivity index (χ3n) is 3.53. The van der Waals surface area contributed by atoms with E-state index in [0.29, 0.717) is 13.1 Å². The number of hydrogen-bond donors (Lipinski definition) is 0. The van der Waals surface area contributed by atoms with Crippen LogP contribution in [0.5, 0.6) is 0 Å². The predicted octanol–water partition coefficient (Wildman–Crippen LogP) is 2.51. The molecule has 22 heavy (non-hydrogen) atoms.